The minimum atomic E-state index is -0.166. The van der Waals surface area contributed by atoms with Gasteiger partial charge >= 0.3 is 0 Å². The first kappa shape index (κ1) is 13.1. The summed E-state index contributed by atoms with van der Waals surface area (Å²) in [5, 5.41) is 9.84. The Hall–Kier alpha value is -1.85. The van der Waals surface area contributed by atoms with E-state index in [1.165, 1.54) is 6.42 Å². The molecule has 2 unspecified atom stereocenters. The van der Waals surface area contributed by atoms with E-state index in [1.54, 1.807) is 10.9 Å². The molecule has 2 N–H and O–H groups in total. The van der Waals surface area contributed by atoms with Crippen LogP contribution in [0.5, 0.6) is 0 Å². The molecule has 1 aromatic heterocycles. The second-order valence-corrected chi connectivity index (χ2v) is 5.74. The first-order chi connectivity index (χ1) is 9.66. The number of fused-ring (bicyclic) bond motifs is 1. The van der Waals surface area contributed by atoms with Crippen molar-refractivity contribution in [3.8, 4) is 0 Å². The summed E-state index contributed by atoms with van der Waals surface area (Å²) in [6.07, 6.45) is 5.92. The van der Waals surface area contributed by atoms with E-state index in [0.29, 0.717) is 30.4 Å². The quantitative estimate of drug-likeness (QED) is 0.857. The normalized spacial score (nSPS) is 25.8. The lowest BCUT2D eigenvalue weighted by atomic mass is 9.80. The van der Waals surface area contributed by atoms with Crippen molar-refractivity contribution in [2.24, 2.45) is 11.8 Å². The van der Waals surface area contributed by atoms with Gasteiger partial charge in [-0.05, 0) is 18.8 Å². The highest BCUT2D eigenvalue weighted by molar-refractivity contribution is 6.03. The zero-order valence-electron chi connectivity index (χ0n) is 11.7. The fourth-order valence-electron chi connectivity index (χ4n) is 3.18. The van der Waals surface area contributed by atoms with Crippen LogP contribution in [-0.2, 0) is 11.3 Å². The SMILES string of the molecule is CC1CCCCC1C(=O)Nc1cnn2c1C(=O)NCC2. The number of hydrogen-bond acceptors (Lipinski definition) is 3. The van der Waals surface area contributed by atoms with Crippen molar-refractivity contribution in [2.45, 2.75) is 39.2 Å². The van der Waals surface area contributed by atoms with Crippen molar-refractivity contribution >= 4 is 17.5 Å². The molecule has 20 heavy (non-hydrogen) atoms. The predicted octanol–water partition coefficient (Wildman–Crippen LogP) is 1.39. The fourth-order valence-corrected chi connectivity index (χ4v) is 3.18. The van der Waals surface area contributed by atoms with Crippen LogP contribution in [0.2, 0.25) is 0 Å². The number of aromatic nitrogens is 2. The molecule has 6 heteroatoms. The molecule has 2 heterocycles. The van der Waals surface area contributed by atoms with E-state index in [-0.39, 0.29) is 17.7 Å². The lowest BCUT2D eigenvalue weighted by Gasteiger charge is -2.27. The van der Waals surface area contributed by atoms with Crippen molar-refractivity contribution in [1.29, 1.82) is 0 Å². The van der Waals surface area contributed by atoms with Gasteiger partial charge < -0.3 is 10.6 Å². The molecule has 1 saturated carbocycles. The average Bonchev–Trinajstić information content (AvgIpc) is 2.84. The molecular formula is C14H20N4O2. The number of rotatable bonds is 2. The minimum absolute atomic E-state index is 0.0198. The summed E-state index contributed by atoms with van der Waals surface area (Å²) in [5.41, 5.74) is 0.998. The van der Waals surface area contributed by atoms with E-state index >= 15 is 0 Å². The summed E-state index contributed by atoms with van der Waals surface area (Å²) in [6, 6.07) is 0. The zero-order valence-corrected chi connectivity index (χ0v) is 11.7. The maximum absolute atomic E-state index is 12.4. The molecule has 0 radical (unpaired) electrons. The van der Waals surface area contributed by atoms with E-state index in [2.05, 4.69) is 22.7 Å². The molecule has 6 nitrogen and oxygen atoms in total. The molecule has 2 amide bonds. The average molecular weight is 276 g/mol. The first-order valence-corrected chi connectivity index (χ1v) is 7.31. The van der Waals surface area contributed by atoms with Gasteiger partial charge in [-0.1, -0.05) is 19.8 Å². The van der Waals surface area contributed by atoms with Gasteiger partial charge in [0, 0.05) is 12.5 Å². The molecule has 1 fully saturated rings. The molecule has 2 atom stereocenters. The highest BCUT2D eigenvalue weighted by Gasteiger charge is 2.30. The van der Waals surface area contributed by atoms with Gasteiger partial charge in [0.15, 0.2) is 0 Å². The smallest absolute Gasteiger partial charge is 0.271 e. The Morgan fingerprint density at radius 1 is 1.45 bits per heavy atom. The summed E-state index contributed by atoms with van der Waals surface area (Å²) in [4.78, 5) is 24.3. The number of carbonyl (C=O) groups is 2. The Morgan fingerprint density at radius 3 is 3.05 bits per heavy atom. The Bertz CT molecular complexity index is 537. The lowest BCUT2D eigenvalue weighted by Crippen LogP contribution is -2.37. The zero-order chi connectivity index (χ0) is 14.1. The van der Waals surface area contributed by atoms with Crippen LogP contribution in [-0.4, -0.2) is 28.1 Å². The van der Waals surface area contributed by atoms with Gasteiger partial charge in [0.25, 0.3) is 5.91 Å². The molecule has 0 bridgehead atoms. The number of hydrogen-bond donors (Lipinski definition) is 2. The number of nitrogens with one attached hydrogen (secondary N) is 2. The van der Waals surface area contributed by atoms with Gasteiger partial charge in [-0.15, -0.1) is 0 Å². The van der Waals surface area contributed by atoms with Crippen molar-refractivity contribution in [3.63, 3.8) is 0 Å². The molecule has 1 aromatic rings. The number of amides is 2. The van der Waals surface area contributed by atoms with Crippen LogP contribution in [0.1, 0.15) is 43.1 Å². The van der Waals surface area contributed by atoms with Gasteiger partial charge in [-0.3, -0.25) is 14.3 Å². The molecule has 0 spiro atoms. The minimum Gasteiger partial charge on any atom is -0.349 e. The molecule has 0 aromatic carbocycles. The van der Waals surface area contributed by atoms with Crippen LogP contribution < -0.4 is 10.6 Å². The summed E-state index contributed by atoms with van der Waals surface area (Å²) < 4.78 is 1.65. The van der Waals surface area contributed by atoms with Crippen molar-refractivity contribution in [1.82, 2.24) is 15.1 Å². The number of nitrogens with zero attached hydrogens (tertiary/aromatic N) is 2. The third-order valence-corrected chi connectivity index (χ3v) is 4.37. The van der Waals surface area contributed by atoms with Crippen LogP contribution in [0, 0.1) is 11.8 Å². The Kier molecular flexibility index (Phi) is 3.46. The van der Waals surface area contributed by atoms with Crippen LogP contribution in [0.15, 0.2) is 6.20 Å². The Balaban J connectivity index is 1.76. The van der Waals surface area contributed by atoms with Gasteiger partial charge in [-0.25, -0.2) is 0 Å². The third-order valence-electron chi connectivity index (χ3n) is 4.37. The van der Waals surface area contributed by atoms with E-state index in [9.17, 15) is 9.59 Å². The largest absolute Gasteiger partial charge is 0.349 e. The van der Waals surface area contributed by atoms with Gasteiger partial charge in [0.05, 0.1) is 18.4 Å². The summed E-state index contributed by atoms with van der Waals surface area (Å²) >= 11 is 0. The molecular weight excluding hydrogens is 256 g/mol. The van der Waals surface area contributed by atoms with Crippen LogP contribution in [0.4, 0.5) is 5.69 Å². The van der Waals surface area contributed by atoms with E-state index < -0.39 is 0 Å². The summed E-state index contributed by atoms with van der Waals surface area (Å²) in [7, 11) is 0. The van der Waals surface area contributed by atoms with Crippen LogP contribution >= 0.6 is 0 Å². The second-order valence-electron chi connectivity index (χ2n) is 5.74. The molecule has 108 valence electrons. The molecule has 1 aliphatic carbocycles. The van der Waals surface area contributed by atoms with E-state index in [1.807, 2.05) is 0 Å². The molecule has 1 aliphatic heterocycles. The van der Waals surface area contributed by atoms with Gasteiger partial charge in [-0.2, -0.15) is 5.10 Å². The summed E-state index contributed by atoms with van der Waals surface area (Å²) in [6.45, 7) is 3.36. The molecule has 0 saturated heterocycles. The summed E-state index contributed by atoms with van der Waals surface area (Å²) in [5.74, 6) is 0.307. The number of carbonyl (C=O) groups excluding carboxylic acids is 2. The van der Waals surface area contributed by atoms with E-state index in [4.69, 9.17) is 0 Å². The van der Waals surface area contributed by atoms with Crippen LogP contribution in [0.3, 0.4) is 0 Å². The van der Waals surface area contributed by atoms with Crippen molar-refractivity contribution in [3.05, 3.63) is 11.9 Å². The third kappa shape index (κ3) is 2.30. The van der Waals surface area contributed by atoms with Crippen molar-refractivity contribution < 1.29 is 9.59 Å². The predicted molar refractivity (Wildman–Crippen MR) is 74.3 cm³/mol. The highest BCUT2D eigenvalue weighted by atomic mass is 16.2. The lowest BCUT2D eigenvalue weighted by molar-refractivity contribution is -0.122. The molecule has 2 aliphatic rings. The highest BCUT2D eigenvalue weighted by Crippen LogP contribution is 2.31. The van der Waals surface area contributed by atoms with Gasteiger partial charge in [0.2, 0.25) is 5.91 Å². The maximum Gasteiger partial charge on any atom is 0.271 e. The molecule has 3 rings (SSSR count). The monoisotopic (exact) mass is 276 g/mol. The maximum atomic E-state index is 12.4. The second kappa shape index (κ2) is 5.26. The topological polar surface area (TPSA) is 76.0 Å². The first-order valence-electron chi connectivity index (χ1n) is 7.31. The van der Waals surface area contributed by atoms with Crippen LogP contribution in [0.25, 0.3) is 0 Å². The van der Waals surface area contributed by atoms with Crippen molar-refractivity contribution in [2.75, 3.05) is 11.9 Å². The number of anilines is 1. The fraction of sp³-hybridized carbons (Fsp3) is 0.643. The standard InChI is InChI=1S/C14H20N4O2/c1-9-4-2-3-5-10(9)13(19)17-11-8-16-18-7-6-15-14(20)12(11)18/h8-10H,2-7H2,1H3,(H,15,20)(H,17,19). The van der Waals surface area contributed by atoms with E-state index in [0.717, 1.165) is 19.3 Å². The Labute approximate surface area is 117 Å². The Morgan fingerprint density at radius 2 is 2.25 bits per heavy atom. The van der Waals surface area contributed by atoms with Gasteiger partial charge in [0.1, 0.15) is 5.69 Å².